The van der Waals surface area contributed by atoms with Crippen molar-refractivity contribution >= 4 is 24.7 Å². The highest BCUT2D eigenvalue weighted by atomic mass is 31.1. The van der Waals surface area contributed by atoms with E-state index in [4.69, 9.17) is 15.6 Å². The summed E-state index contributed by atoms with van der Waals surface area (Å²) >= 11 is 0. The smallest absolute Gasteiger partial charge is 0.348 e. The third-order valence-corrected chi connectivity index (χ3v) is 3.44. The Morgan fingerprint density at radius 1 is 1.26 bits per heavy atom. The third-order valence-electron chi connectivity index (χ3n) is 2.72. The van der Waals surface area contributed by atoms with E-state index < -0.39 is 13.8 Å². The van der Waals surface area contributed by atoms with Crippen LogP contribution in [0.5, 0.6) is 5.75 Å². The minimum Gasteiger partial charge on any atom is -0.591 e. The minimum atomic E-state index is -2.57. The number of halogens is 1. The number of benzene rings is 2. The van der Waals surface area contributed by atoms with Gasteiger partial charge in [-0.1, -0.05) is 4.57 Å². The first-order chi connectivity index (χ1) is 11.1. The first-order valence-electron chi connectivity index (χ1n) is 6.67. The molecular weight excluding hydrogens is 322 g/mol. The molecule has 1 aliphatic heterocycles. The lowest BCUT2D eigenvalue weighted by atomic mass is 10.2. The van der Waals surface area contributed by atoms with Crippen molar-refractivity contribution in [2.24, 2.45) is 0 Å². The average molecular weight is 340 g/mol. The van der Waals surface area contributed by atoms with E-state index in [1.807, 2.05) is 18.2 Å². The van der Waals surface area contributed by atoms with E-state index in [-0.39, 0.29) is 5.30 Å². The number of anilines is 2. The SMILES string of the molecule is CO.Nc1ccc2c(c1)NCCO2.O=[P+]([O-])c1ccc(F)cc1. The number of aliphatic hydroxyl groups is 1. The molecule has 0 saturated carbocycles. The molecule has 23 heavy (non-hydrogen) atoms. The van der Waals surface area contributed by atoms with Crippen molar-refractivity contribution in [3.63, 3.8) is 0 Å². The summed E-state index contributed by atoms with van der Waals surface area (Å²) in [4.78, 5) is 10.2. The number of ether oxygens (including phenoxy) is 1. The second-order valence-electron chi connectivity index (χ2n) is 4.26. The molecule has 1 atom stereocenters. The Hall–Kier alpha value is -2.21. The lowest BCUT2D eigenvalue weighted by Gasteiger charge is -2.18. The minimum absolute atomic E-state index is 0.136. The Bertz CT molecular complexity index is 638. The fourth-order valence-electron chi connectivity index (χ4n) is 1.72. The molecule has 0 amide bonds. The van der Waals surface area contributed by atoms with Crippen LogP contribution in [0.2, 0.25) is 0 Å². The molecule has 1 heterocycles. The highest BCUT2D eigenvalue weighted by molar-refractivity contribution is 7.45. The molecule has 0 aromatic heterocycles. The van der Waals surface area contributed by atoms with Crippen LogP contribution in [0.4, 0.5) is 15.8 Å². The van der Waals surface area contributed by atoms with Gasteiger partial charge in [-0.15, -0.1) is 0 Å². The predicted octanol–water partition coefficient (Wildman–Crippen LogP) is 1.24. The Balaban J connectivity index is 0.000000209. The van der Waals surface area contributed by atoms with Gasteiger partial charge in [0.15, 0.2) is 5.30 Å². The second kappa shape index (κ2) is 9.74. The molecule has 0 saturated heterocycles. The first-order valence-corrected chi connectivity index (χ1v) is 7.85. The molecule has 0 spiro atoms. The van der Waals surface area contributed by atoms with Gasteiger partial charge in [-0.3, -0.25) is 0 Å². The zero-order valence-corrected chi connectivity index (χ0v) is 13.4. The lowest BCUT2D eigenvalue weighted by Crippen LogP contribution is -2.17. The van der Waals surface area contributed by atoms with Crippen molar-refractivity contribution in [3.05, 3.63) is 48.3 Å². The normalized spacial score (nSPS) is 12.1. The fraction of sp³-hybridized carbons (Fsp3) is 0.200. The van der Waals surface area contributed by atoms with Gasteiger partial charge < -0.3 is 25.8 Å². The first kappa shape index (κ1) is 18.8. The van der Waals surface area contributed by atoms with Crippen molar-refractivity contribution < 1.29 is 23.7 Å². The number of nitrogen functional groups attached to an aromatic ring is 1. The van der Waals surface area contributed by atoms with Crippen molar-refractivity contribution in [2.45, 2.75) is 0 Å². The van der Waals surface area contributed by atoms with Gasteiger partial charge in [-0.05, 0) is 42.5 Å². The summed E-state index contributed by atoms with van der Waals surface area (Å²) in [5.41, 5.74) is 7.35. The van der Waals surface area contributed by atoms with Crippen LogP contribution in [-0.2, 0) is 4.57 Å². The Kier molecular flexibility index (Phi) is 7.97. The van der Waals surface area contributed by atoms with E-state index in [1.54, 1.807) is 0 Å². The molecule has 8 heteroatoms. The van der Waals surface area contributed by atoms with Crippen LogP contribution in [0, 0.1) is 5.82 Å². The van der Waals surface area contributed by atoms with Crippen LogP contribution in [0.15, 0.2) is 42.5 Å². The summed E-state index contributed by atoms with van der Waals surface area (Å²) < 4.78 is 27.7. The van der Waals surface area contributed by atoms with Gasteiger partial charge in [0.05, 0.1) is 5.69 Å². The molecule has 6 nitrogen and oxygen atoms in total. The zero-order valence-electron chi connectivity index (χ0n) is 12.5. The maximum Gasteiger partial charge on any atom is 0.348 e. The largest absolute Gasteiger partial charge is 0.591 e. The van der Waals surface area contributed by atoms with E-state index in [2.05, 4.69) is 5.32 Å². The summed E-state index contributed by atoms with van der Waals surface area (Å²) in [6.07, 6.45) is 0. The summed E-state index contributed by atoms with van der Waals surface area (Å²) in [5, 5.41) is 10.3. The third kappa shape index (κ3) is 6.20. The van der Waals surface area contributed by atoms with E-state index in [1.165, 1.54) is 12.1 Å². The quantitative estimate of drug-likeness (QED) is 0.532. The molecule has 4 N–H and O–H groups in total. The summed E-state index contributed by atoms with van der Waals surface area (Å²) in [7, 11) is -1.57. The molecular formula is C15H18FN2O4P. The molecule has 2 aromatic carbocycles. The van der Waals surface area contributed by atoms with Crippen molar-refractivity contribution in [1.29, 1.82) is 0 Å². The van der Waals surface area contributed by atoms with E-state index in [9.17, 15) is 13.8 Å². The molecule has 1 aliphatic rings. The summed E-state index contributed by atoms with van der Waals surface area (Å²) in [6.45, 7) is 1.59. The van der Waals surface area contributed by atoms with Crippen LogP contribution >= 0.6 is 8.03 Å². The number of aliphatic hydroxyl groups excluding tert-OH is 1. The number of hydrogen-bond donors (Lipinski definition) is 3. The lowest BCUT2D eigenvalue weighted by molar-refractivity contribution is -0.160. The Morgan fingerprint density at radius 3 is 2.52 bits per heavy atom. The van der Waals surface area contributed by atoms with E-state index in [0.29, 0.717) is 0 Å². The molecule has 0 bridgehead atoms. The van der Waals surface area contributed by atoms with Crippen molar-refractivity contribution in [3.8, 4) is 5.75 Å². The number of fused-ring (bicyclic) bond motifs is 1. The highest BCUT2D eigenvalue weighted by Gasteiger charge is 2.07. The molecule has 0 fully saturated rings. The summed E-state index contributed by atoms with van der Waals surface area (Å²) in [6, 6.07) is 10.3. The van der Waals surface area contributed by atoms with Gasteiger partial charge in [0, 0.05) is 19.3 Å². The zero-order chi connectivity index (χ0) is 17.2. The Labute approximate surface area is 134 Å². The monoisotopic (exact) mass is 340 g/mol. The maximum absolute atomic E-state index is 12.2. The summed E-state index contributed by atoms with van der Waals surface area (Å²) in [5.74, 6) is 0.464. The highest BCUT2D eigenvalue weighted by Crippen LogP contribution is 2.28. The number of hydrogen-bond acceptors (Lipinski definition) is 6. The van der Waals surface area contributed by atoms with Gasteiger partial charge in [0.1, 0.15) is 18.2 Å². The van der Waals surface area contributed by atoms with E-state index in [0.717, 1.165) is 49.5 Å². The number of rotatable bonds is 1. The van der Waals surface area contributed by atoms with Crippen LogP contribution in [-0.4, -0.2) is 25.4 Å². The van der Waals surface area contributed by atoms with Gasteiger partial charge in [0.25, 0.3) is 0 Å². The predicted molar refractivity (Wildman–Crippen MR) is 86.6 cm³/mol. The van der Waals surface area contributed by atoms with Crippen LogP contribution < -0.4 is 26.0 Å². The maximum atomic E-state index is 12.2. The van der Waals surface area contributed by atoms with Gasteiger partial charge >= 0.3 is 8.03 Å². The van der Waals surface area contributed by atoms with E-state index >= 15 is 0 Å². The van der Waals surface area contributed by atoms with Crippen LogP contribution in [0.3, 0.4) is 0 Å². The molecule has 1 unspecified atom stereocenters. The molecule has 124 valence electrons. The van der Waals surface area contributed by atoms with Gasteiger partial charge in [-0.2, -0.15) is 0 Å². The molecule has 0 aliphatic carbocycles. The topological polar surface area (TPSA) is 108 Å². The van der Waals surface area contributed by atoms with Crippen LogP contribution in [0.25, 0.3) is 0 Å². The Morgan fingerprint density at radius 2 is 1.91 bits per heavy atom. The molecule has 0 radical (unpaired) electrons. The number of nitrogens with one attached hydrogen (secondary N) is 1. The standard InChI is InChI=1S/C8H10N2O.C6H4FO2P.CH4O/c9-6-1-2-8-7(5-6)10-3-4-11-8;7-5-1-3-6(4-2-5)10(8)9;1-2/h1-2,5,10H,3-4,9H2;1-4H;2H,1H3. The second-order valence-corrected chi connectivity index (χ2v) is 5.29. The molecule has 2 aromatic rings. The van der Waals surface area contributed by atoms with Crippen molar-refractivity contribution in [1.82, 2.24) is 0 Å². The van der Waals surface area contributed by atoms with Gasteiger partial charge in [-0.25, -0.2) is 4.39 Å². The number of nitrogens with two attached hydrogens (primary N) is 1. The van der Waals surface area contributed by atoms with Crippen LogP contribution in [0.1, 0.15) is 0 Å². The van der Waals surface area contributed by atoms with Gasteiger partial charge in [0.2, 0.25) is 0 Å². The average Bonchev–Trinajstić information content (AvgIpc) is 2.57. The fourth-order valence-corrected chi connectivity index (χ4v) is 2.11. The van der Waals surface area contributed by atoms with Crippen molar-refractivity contribution in [2.75, 3.05) is 31.3 Å². The molecule has 3 rings (SSSR count).